The highest BCUT2D eigenvalue weighted by Gasteiger charge is 2.39. The Morgan fingerprint density at radius 1 is 1.16 bits per heavy atom. The molecule has 0 aliphatic carbocycles. The number of benzene rings is 1. The Labute approximate surface area is 183 Å². The van der Waals surface area contributed by atoms with Gasteiger partial charge in [0.1, 0.15) is 5.82 Å². The molecule has 1 amide bonds. The summed E-state index contributed by atoms with van der Waals surface area (Å²) in [6.45, 7) is 7.19. The van der Waals surface area contributed by atoms with Crippen molar-refractivity contribution in [2.45, 2.75) is 52.1 Å². The maximum atomic E-state index is 13.0. The smallest absolute Gasteiger partial charge is 0.225 e. The quantitative estimate of drug-likeness (QED) is 0.794. The second-order valence-electron chi connectivity index (χ2n) is 9.02. The van der Waals surface area contributed by atoms with E-state index in [1.165, 1.54) is 12.1 Å². The number of halogens is 1. The second-order valence-corrected chi connectivity index (χ2v) is 9.02. The molecule has 2 aromatic rings. The van der Waals surface area contributed by atoms with E-state index in [1.807, 2.05) is 19.9 Å². The zero-order chi connectivity index (χ0) is 21.8. The minimum atomic E-state index is -0.291. The molecule has 3 heterocycles. The summed E-state index contributed by atoms with van der Waals surface area (Å²) < 4.78 is 19.1. The first kappa shape index (κ1) is 21.7. The predicted octanol–water partition coefficient (Wildman–Crippen LogP) is 3.36. The van der Waals surface area contributed by atoms with Crippen molar-refractivity contribution in [1.29, 1.82) is 0 Å². The van der Waals surface area contributed by atoms with Crippen molar-refractivity contribution in [1.82, 2.24) is 15.3 Å². The van der Waals surface area contributed by atoms with Gasteiger partial charge in [0.15, 0.2) is 0 Å². The number of anilines is 1. The topological polar surface area (TPSA) is 67.4 Å². The van der Waals surface area contributed by atoms with Gasteiger partial charge in [-0.2, -0.15) is 0 Å². The van der Waals surface area contributed by atoms with Crippen LogP contribution in [0.4, 0.5) is 10.3 Å². The summed E-state index contributed by atoms with van der Waals surface area (Å²) in [5, 5.41) is 2.96. The van der Waals surface area contributed by atoms with Crippen LogP contribution in [0, 0.1) is 25.1 Å². The Bertz CT molecular complexity index is 880. The number of carbonyl (C=O) groups excluding carboxylic acids is 1. The molecule has 4 rings (SSSR count). The summed E-state index contributed by atoms with van der Waals surface area (Å²) in [7, 11) is 0. The number of ether oxygens (including phenoxy) is 1. The van der Waals surface area contributed by atoms with Gasteiger partial charge in [-0.05, 0) is 68.7 Å². The number of piperidine rings is 1. The number of hydrogen-bond donors (Lipinski definition) is 1. The van der Waals surface area contributed by atoms with Gasteiger partial charge in [-0.3, -0.25) is 4.79 Å². The zero-order valence-electron chi connectivity index (χ0n) is 18.4. The van der Waals surface area contributed by atoms with Crippen molar-refractivity contribution in [3.8, 4) is 0 Å². The molecule has 0 saturated carbocycles. The molecule has 1 unspecified atom stereocenters. The molecule has 1 aromatic carbocycles. The normalized spacial score (nSPS) is 20.6. The maximum Gasteiger partial charge on any atom is 0.225 e. The Balaban J connectivity index is 1.21. The monoisotopic (exact) mass is 426 g/mol. The average molecular weight is 427 g/mol. The number of hydrogen-bond acceptors (Lipinski definition) is 5. The fraction of sp³-hybridized carbons (Fsp3) is 0.542. The lowest BCUT2D eigenvalue weighted by atomic mass is 9.73. The molecule has 2 saturated heterocycles. The number of nitrogens with zero attached hydrogens (tertiary/aromatic N) is 3. The first-order valence-electron chi connectivity index (χ1n) is 11.1. The van der Waals surface area contributed by atoms with E-state index in [0.29, 0.717) is 6.54 Å². The number of nitrogens with one attached hydrogen (secondary N) is 1. The van der Waals surface area contributed by atoms with E-state index in [9.17, 15) is 9.18 Å². The molecule has 2 fully saturated rings. The van der Waals surface area contributed by atoms with Crippen LogP contribution in [0.25, 0.3) is 0 Å². The molecule has 7 heteroatoms. The molecule has 0 bridgehead atoms. The van der Waals surface area contributed by atoms with E-state index in [4.69, 9.17) is 4.74 Å². The highest BCUT2D eigenvalue weighted by molar-refractivity contribution is 5.78. The third-order valence-electron chi connectivity index (χ3n) is 6.50. The van der Waals surface area contributed by atoms with Crippen LogP contribution in [0.3, 0.4) is 0 Å². The second kappa shape index (κ2) is 9.30. The summed E-state index contributed by atoms with van der Waals surface area (Å²) in [5.41, 5.74) is 3.05. The van der Waals surface area contributed by atoms with Gasteiger partial charge >= 0.3 is 0 Å². The van der Waals surface area contributed by atoms with Gasteiger partial charge in [-0.1, -0.05) is 12.1 Å². The van der Waals surface area contributed by atoms with Crippen LogP contribution in [0.2, 0.25) is 0 Å². The van der Waals surface area contributed by atoms with Crippen molar-refractivity contribution in [3.05, 3.63) is 53.1 Å². The van der Waals surface area contributed by atoms with Gasteiger partial charge in [0.05, 0.1) is 19.1 Å². The molecule has 1 spiro atoms. The molecule has 6 nitrogen and oxygen atoms in total. The molecule has 2 aliphatic rings. The Morgan fingerprint density at radius 3 is 2.45 bits per heavy atom. The molecule has 0 radical (unpaired) electrons. The number of amides is 1. The summed E-state index contributed by atoms with van der Waals surface area (Å²) in [5.74, 6) is 0.490. The third-order valence-corrected chi connectivity index (χ3v) is 6.50. The third kappa shape index (κ3) is 5.58. The van der Waals surface area contributed by atoms with Gasteiger partial charge in [0.25, 0.3) is 0 Å². The highest BCUT2D eigenvalue weighted by atomic mass is 19.1. The van der Waals surface area contributed by atoms with Crippen LogP contribution in [0.1, 0.15) is 42.6 Å². The molecule has 1 atom stereocenters. The standard InChI is InChI=1S/C24H31FN4O2/c1-17-13-18(2)28-23(27-17)29-11-9-24(10-12-29)8-7-21(31-16-24)15-26-22(30)14-19-3-5-20(25)6-4-19/h3-6,13,21H,7-12,14-16H2,1-2H3,(H,26,30). The lowest BCUT2D eigenvalue weighted by molar-refractivity contribution is -0.122. The van der Waals surface area contributed by atoms with Crippen molar-refractivity contribution < 1.29 is 13.9 Å². The summed E-state index contributed by atoms with van der Waals surface area (Å²) in [4.78, 5) is 23.7. The molecule has 31 heavy (non-hydrogen) atoms. The number of aromatic nitrogens is 2. The number of carbonyl (C=O) groups is 1. The van der Waals surface area contributed by atoms with Crippen LogP contribution in [-0.4, -0.2) is 48.2 Å². The minimum absolute atomic E-state index is 0.0581. The van der Waals surface area contributed by atoms with Crippen LogP contribution in [0.5, 0.6) is 0 Å². The summed E-state index contributed by atoms with van der Waals surface area (Å²) in [6.07, 6.45) is 4.54. The number of aryl methyl sites for hydroxylation is 2. The van der Waals surface area contributed by atoms with Crippen LogP contribution >= 0.6 is 0 Å². The van der Waals surface area contributed by atoms with E-state index in [0.717, 1.165) is 68.3 Å². The van der Waals surface area contributed by atoms with Gasteiger partial charge < -0.3 is 15.0 Å². The lowest BCUT2D eigenvalue weighted by Crippen LogP contribution is -2.48. The van der Waals surface area contributed by atoms with Crippen molar-refractivity contribution in [2.75, 3.05) is 31.1 Å². The van der Waals surface area contributed by atoms with Crippen molar-refractivity contribution in [3.63, 3.8) is 0 Å². The van der Waals surface area contributed by atoms with E-state index < -0.39 is 0 Å². The number of rotatable bonds is 5. The van der Waals surface area contributed by atoms with Crippen LogP contribution < -0.4 is 10.2 Å². The SMILES string of the molecule is Cc1cc(C)nc(N2CCC3(CCC(CNC(=O)Cc4ccc(F)cc4)OC3)CC2)n1. The van der Waals surface area contributed by atoms with E-state index >= 15 is 0 Å². The van der Waals surface area contributed by atoms with Gasteiger partial charge in [-0.15, -0.1) is 0 Å². The van der Waals surface area contributed by atoms with Gasteiger partial charge in [-0.25, -0.2) is 14.4 Å². The molecule has 2 aliphatic heterocycles. The summed E-state index contributed by atoms with van der Waals surface area (Å²) in [6, 6.07) is 8.05. The molecule has 1 N–H and O–H groups in total. The largest absolute Gasteiger partial charge is 0.376 e. The van der Waals surface area contributed by atoms with Crippen molar-refractivity contribution in [2.24, 2.45) is 5.41 Å². The zero-order valence-corrected chi connectivity index (χ0v) is 18.4. The lowest BCUT2D eigenvalue weighted by Gasteiger charge is -2.45. The minimum Gasteiger partial charge on any atom is -0.376 e. The molecular formula is C24H31FN4O2. The molecule has 1 aromatic heterocycles. The Kier molecular flexibility index (Phi) is 6.51. The predicted molar refractivity (Wildman–Crippen MR) is 117 cm³/mol. The van der Waals surface area contributed by atoms with E-state index in [2.05, 4.69) is 20.2 Å². The van der Waals surface area contributed by atoms with Crippen LogP contribution in [-0.2, 0) is 16.0 Å². The Hall–Kier alpha value is -2.54. The van der Waals surface area contributed by atoms with Gasteiger partial charge in [0, 0.05) is 31.0 Å². The van der Waals surface area contributed by atoms with E-state index in [1.54, 1.807) is 12.1 Å². The van der Waals surface area contributed by atoms with Crippen molar-refractivity contribution >= 4 is 11.9 Å². The molecular weight excluding hydrogens is 395 g/mol. The summed E-state index contributed by atoms with van der Waals surface area (Å²) >= 11 is 0. The maximum absolute atomic E-state index is 13.0. The fourth-order valence-corrected chi connectivity index (χ4v) is 4.58. The molecule has 166 valence electrons. The average Bonchev–Trinajstić information content (AvgIpc) is 2.75. The highest BCUT2D eigenvalue weighted by Crippen LogP contribution is 2.41. The van der Waals surface area contributed by atoms with Crippen LogP contribution in [0.15, 0.2) is 30.3 Å². The fourth-order valence-electron chi connectivity index (χ4n) is 4.58. The Morgan fingerprint density at radius 2 is 1.84 bits per heavy atom. The van der Waals surface area contributed by atoms with E-state index in [-0.39, 0.29) is 29.7 Å². The first-order chi connectivity index (χ1) is 14.9. The van der Waals surface area contributed by atoms with Gasteiger partial charge in [0.2, 0.25) is 11.9 Å². The first-order valence-corrected chi connectivity index (χ1v) is 11.1.